The van der Waals surface area contributed by atoms with Crippen molar-refractivity contribution < 1.29 is 4.74 Å². The van der Waals surface area contributed by atoms with Gasteiger partial charge in [0, 0.05) is 6.42 Å². The topological polar surface area (TPSA) is 9.23 Å². The second kappa shape index (κ2) is 4.71. The van der Waals surface area contributed by atoms with Crippen molar-refractivity contribution in [3.63, 3.8) is 0 Å². The van der Waals surface area contributed by atoms with E-state index in [0.717, 1.165) is 25.2 Å². The molecule has 17 heavy (non-hydrogen) atoms. The number of halogens is 1. The molecule has 0 N–H and O–H groups in total. The molecule has 0 spiro atoms. The summed E-state index contributed by atoms with van der Waals surface area (Å²) in [7, 11) is 0. The number of hydrogen-bond acceptors (Lipinski definition) is 2. The average molecular weight is 265 g/mol. The molecular formula is C14H13ClOS. The molecule has 3 rings (SSSR count). The quantitative estimate of drug-likeness (QED) is 0.755. The predicted octanol–water partition coefficient (Wildman–Crippen LogP) is 4.21. The van der Waals surface area contributed by atoms with Crippen molar-refractivity contribution in [1.82, 2.24) is 0 Å². The Morgan fingerprint density at radius 1 is 1.35 bits per heavy atom. The normalized spacial score (nSPS) is 15.4. The highest BCUT2D eigenvalue weighted by Gasteiger charge is 2.15. The molecule has 0 radical (unpaired) electrons. The first-order valence-electron chi connectivity index (χ1n) is 5.74. The Balaban J connectivity index is 1.79. The highest BCUT2D eigenvalue weighted by Crippen LogP contribution is 2.32. The zero-order valence-corrected chi connectivity index (χ0v) is 10.9. The van der Waals surface area contributed by atoms with Crippen LogP contribution in [0.2, 0.25) is 0 Å². The van der Waals surface area contributed by atoms with Crippen molar-refractivity contribution in [3.8, 4) is 5.75 Å². The van der Waals surface area contributed by atoms with Crippen LogP contribution in [-0.2, 0) is 12.8 Å². The summed E-state index contributed by atoms with van der Waals surface area (Å²) in [6.45, 7) is 0.802. The molecule has 0 fully saturated rings. The second-order valence-electron chi connectivity index (χ2n) is 4.27. The summed E-state index contributed by atoms with van der Waals surface area (Å²) >= 11 is 8.18. The summed E-state index contributed by atoms with van der Waals surface area (Å²) in [5.74, 6) is 1.02. The minimum absolute atomic E-state index is 0.0514. The summed E-state index contributed by atoms with van der Waals surface area (Å²) in [5, 5.41) is 4.30. The largest absolute Gasteiger partial charge is 0.493 e. The molecule has 1 aliphatic heterocycles. The Labute approximate surface area is 110 Å². The summed E-state index contributed by atoms with van der Waals surface area (Å²) in [6.07, 6.45) is 1.90. The molecule has 1 aromatic carbocycles. The number of fused-ring (bicyclic) bond motifs is 1. The fourth-order valence-corrected chi connectivity index (χ4v) is 3.13. The van der Waals surface area contributed by atoms with Gasteiger partial charge in [-0.05, 0) is 46.0 Å². The molecule has 1 aromatic heterocycles. The van der Waals surface area contributed by atoms with Crippen LogP contribution in [0.5, 0.6) is 5.75 Å². The number of alkyl halides is 1. The summed E-state index contributed by atoms with van der Waals surface area (Å²) < 4.78 is 5.50. The molecule has 3 heteroatoms. The first kappa shape index (κ1) is 11.1. The third kappa shape index (κ3) is 2.33. The van der Waals surface area contributed by atoms with Gasteiger partial charge in [-0.2, -0.15) is 11.3 Å². The lowest BCUT2D eigenvalue weighted by Crippen LogP contribution is -1.95. The Morgan fingerprint density at radius 3 is 3.12 bits per heavy atom. The van der Waals surface area contributed by atoms with Crippen LogP contribution >= 0.6 is 22.9 Å². The van der Waals surface area contributed by atoms with Crippen LogP contribution < -0.4 is 4.74 Å². The molecule has 0 bridgehead atoms. The monoisotopic (exact) mass is 264 g/mol. The maximum Gasteiger partial charge on any atom is 0.122 e. The number of benzene rings is 1. The summed E-state index contributed by atoms with van der Waals surface area (Å²) in [6, 6.07) is 8.44. The van der Waals surface area contributed by atoms with Crippen molar-refractivity contribution in [2.45, 2.75) is 18.2 Å². The average Bonchev–Trinajstić information content (AvgIpc) is 2.97. The zero-order valence-electron chi connectivity index (χ0n) is 9.36. The number of ether oxygens (including phenoxy) is 1. The summed E-state index contributed by atoms with van der Waals surface area (Å²) in [4.78, 5) is 0. The Kier molecular flexibility index (Phi) is 3.08. The van der Waals surface area contributed by atoms with Gasteiger partial charge in [0.05, 0.1) is 12.0 Å². The van der Waals surface area contributed by atoms with Crippen LogP contribution in [0.1, 0.15) is 22.1 Å². The zero-order chi connectivity index (χ0) is 11.7. The van der Waals surface area contributed by atoms with Gasteiger partial charge in [0.1, 0.15) is 5.75 Å². The fourth-order valence-electron chi connectivity index (χ4n) is 2.13. The van der Waals surface area contributed by atoms with E-state index in [0.29, 0.717) is 0 Å². The van der Waals surface area contributed by atoms with Gasteiger partial charge in [0.2, 0.25) is 0 Å². The van der Waals surface area contributed by atoms with Gasteiger partial charge < -0.3 is 4.74 Å². The predicted molar refractivity (Wildman–Crippen MR) is 72.3 cm³/mol. The van der Waals surface area contributed by atoms with E-state index in [-0.39, 0.29) is 5.38 Å². The smallest absolute Gasteiger partial charge is 0.122 e. The molecule has 1 nitrogen and oxygen atoms in total. The SMILES string of the molecule is ClC(Cc1ccsc1)c1ccc2c(c1)CCO2. The van der Waals surface area contributed by atoms with Crippen molar-refractivity contribution in [2.24, 2.45) is 0 Å². The minimum Gasteiger partial charge on any atom is -0.493 e. The van der Waals surface area contributed by atoms with Crippen LogP contribution in [0.15, 0.2) is 35.0 Å². The third-order valence-corrected chi connectivity index (χ3v) is 4.21. The van der Waals surface area contributed by atoms with Crippen LogP contribution in [-0.4, -0.2) is 6.61 Å². The second-order valence-corrected chi connectivity index (χ2v) is 5.58. The van der Waals surface area contributed by atoms with Crippen molar-refractivity contribution in [3.05, 3.63) is 51.7 Å². The van der Waals surface area contributed by atoms with E-state index in [2.05, 4.69) is 29.0 Å². The Bertz CT molecular complexity index is 507. The lowest BCUT2D eigenvalue weighted by Gasteiger charge is -2.10. The van der Waals surface area contributed by atoms with Gasteiger partial charge >= 0.3 is 0 Å². The van der Waals surface area contributed by atoms with Gasteiger partial charge in [-0.15, -0.1) is 11.6 Å². The van der Waals surface area contributed by atoms with E-state index in [1.807, 2.05) is 6.07 Å². The maximum absolute atomic E-state index is 6.46. The van der Waals surface area contributed by atoms with Gasteiger partial charge in [-0.1, -0.05) is 12.1 Å². The van der Waals surface area contributed by atoms with Gasteiger partial charge in [0.25, 0.3) is 0 Å². The van der Waals surface area contributed by atoms with Crippen LogP contribution in [0.4, 0.5) is 0 Å². The van der Waals surface area contributed by atoms with Gasteiger partial charge in [0.15, 0.2) is 0 Å². The van der Waals surface area contributed by atoms with E-state index in [4.69, 9.17) is 16.3 Å². The molecule has 2 heterocycles. The minimum atomic E-state index is 0.0514. The molecule has 0 aliphatic carbocycles. The number of hydrogen-bond donors (Lipinski definition) is 0. The molecule has 88 valence electrons. The van der Waals surface area contributed by atoms with Crippen molar-refractivity contribution >= 4 is 22.9 Å². The number of thiophene rings is 1. The van der Waals surface area contributed by atoms with Crippen LogP contribution in [0.3, 0.4) is 0 Å². The fraction of sp³-hybridized carbons (Fsp3) is 0.286. The third-order valence-electron chi connectivity index (χ3n) is 3.07. The number of rotatable bonds is 3. The lowest BCUT2D eigenvalue weighted by molar-refractivity contribution is 0.357. The molecule has 1 atom stereocenters. The van der Waals surface area contributed by atoms with E-state index in [9.17, 15) is 0 Å². The molecular weight excluding hydrogens is 252 g/mol. The lowest BCUT2D eigenvalue weighted by atomic mass is 10.0. The van der Waals surface area contributed by atoms with E-state index in [1.165, 1.54) is 16.7 Å². The van der Waals surface area contributed by atoms with Crippen molar-refractivity contribution in [1.29, 1.82) is 0 Å². The highest BCUT2D eigenvalue weighted by atomic mass is 35.5. The molecule has 0 saturated heterocycles. The Hall–Kier alpha value is -0.990. The van der Waals surface area contributed by atoms with E-state index in [1.54, 1.807) is 11.3 Å². The summed E-state index contributed by atoms with van der Waals surface area (Å²) in [5.41, 5.74) is 3.80. The Morgan fingerprint density at radius 2 is 2.29 bits per heavy atom. The maximum atomic E-state index is 6.46. The van der Waals surface area contributed by atoms with Gasteiger partial charge in [-0.25, -0.2) is 0 Å². The first-order chi connectivity index (χ1) is 8.33. The van der Waals surface area contributed by atoms with E-state index >= 15 is 0 Å². The standard InChI is InChI=1S/C14H13ClOS/c15-13(7-10-4-6-17-9-10)11-1-2-14-12(8-11)3-5-16-14/h1-2,4,6,8-9,13H,3,5,7H2. The van der Waals surface area contributed by atoms with Crippen LogP contribution in [0, 0.1) is 0 Å². The van der Waals surface area contributed by atoms with Crippen LogP contribution in [0.25, 0.3) is 0 Å². The first-order valence-corrected chi connectivity index (χ1v) is 7.11. The molecule has 0 saturated carbocycles. The highest BCUT2D eigenvalue weighted by molar-refractivity contribution is 7.07. The molecule has 1 aliphatic rings. The molecule has 0 amide bonds. The molecule has 2 aromatic rings. The molecule has 1 unspecified atom stereocenters. The van der Waals surface area contributed by atoms with E-state index < -0.39 is 0 Å². The van der Waals surface area contributed by atoms with Gasteiger partial charge in [-0.3, -0.25) is 0 Å². The van der Waals surface area contributed by atoms with Crippen molar-refractivity contribution in [2.75, 3.05) is 6.61 Å².